The number of nitrogens with two attached hydrogens (primary N) is 2. The third kappa shape index (κ3) is 6.35. The van der Waals surface area contributed by atoms with Gasteiger partial charge in [-0.2, -0.15) is 0 Å². The summed E-state index contributed by atoms with van der Waals surface area (Å²) >= 11 is 6.19. The van der Waals surface area contributed by atoms with E-state index in [1.807, 2.05) is 18.2 Å². The average Bonchev–Trinajstić information content (AvgIpc) is 2.76. The van der Waals surface area contributed by atoms with E-state index >= 15 is 0 Å². The van der Waals surface area contributed by atoms with E-state index in [-0.39, 0.29) is 11.9 Å². The lowest BCUT2D eigenvalue weighted by molar-refractivity contribution is 0.0950. The summed E-state index contributed by atoms with van der Waals surface area (Å²) in [5, 5.41) is 6.96. The first kappa shape index (κ1) is 22.9. The van der Waals surface area contributed by atoms with Crippen LogP contribution in [0.25, 0.3) is 0 Å². The number of benzene rings is 2. The van der Waals surface area contributed by atoms with Crippen LogP contribution in [-0.2, 0) is 13.1 Å². The van der Waals surface area contributed by atoms with Gasteiger partial charge in [0, 0.05) is 18.2 Å². The molecule has 31 heavy (non-hydrogen) atoms. The Hall–Kier alpha value is -2.77. The van der Waals surface area contributed by atoms with Gasteiger partial charge >= 0.3 is 0 Å². The Morgan fingerprint density at radius 2 is 2.06 bits per heavy atom. The van der Waals surface area contributed by atoms with Crippen molar-refractivity contribution in [1.29, 1.82) is 0 Å². The maximum Gasteiger partial charge on any atom is 0.251 e. The Bertz CT molecular complexity index is 959. The molecule has 6 N–H and O–H groups in total. The summed E-state index contributed by atoms with van der Waals surface area (Å²) in [4.78, 5) is 17.1. The molecule has 0 aliphatic carbocycles. The van der Waals surface area contributed by atoms with Crippen LogP contribution in [0.1, 0.15) is 52.7 Å². The Labute approximate surface area is 188 Å². The van der Waals surface area contributed by atoms with Gasteiger partial charge in [0.2, 0.25) is 0 Å². The molecule has 2 aromatic rings. The number of hydrogen-bond donors (Lipinski definition) is 4. The highest BCUT2D eigenvalue weighted by Crippen LogP contribution is 2.30. The molecule has 0 radical (unpaired) electrons. The summed E-state index contributed by atoms with van der Waals surface area (Å²) in [6.45, 7) is 3.85. The van der Waals surface area contributed by atoms with E-state index < -0.39 is 0 Å². The topological polar surface area (TPSA) is 115 Å². The van der Waals surface area contributed by atoms with Gasteiger partial charge in [-0.05, 0) is 73.2 Å². The Morgan fingerprint density at radius 1 is 1.26 bits per heavy atom. The second-order valence-electron chi connectivity index (χ2n) is 7.93. The van der Waals surface area contributed by atoms with E-state index in [1.165, 1.54) is 0 Å². The van der Waals surface area contributed by atoms with Gasteiger partial charge in [-0.3, -0.25) is 4.79 Å². The molecule has 0 saturated carbocycles. The summed E-state index contributed by atoms with van der Waals surface area (Å²) in [7, 11) is 1.57. The molecule has 0 bridgehead atoms. The number of nitrogens with one attached hydrogen (secondary N) is 2. The maximum absolute atomic E-state index is 12.9. The highest BCUT2D eigenvalue weighted by atomic mass is 35.5. The highest BCUT2D eigenvalue weighted by Gasteiger charge is 2.21. The summed E-state index contributed by atoms with van der Waals surface area (Å²) in [5.74, 6) is 0.873. The van der Waals surface area contributed by atoms with Gasteiger partial charge in [-0.15, -0.1) is 0 Å². The molecule has 8 heteroatoms. The average molecular weight is 444 g/mol. The van der Waals surface area contributed by atoms with Crippen LogP contribution in [-0.4, -0.2) is 31.6 Å². The van der Waals surface area contributed by atoms with Crippen molar-refractivity contribution in [2.45, 2.75) is 44.8 Å². The molecule has 1 heterocycles. The summed E-state index contributed by atoms with van der Waals surface area (Å²) in [6, 6.07) is 11.8. The van der Waals surface area contributed by atoms with Gasteiger partial charge in [0.25, 0.3) is 5.91 Å². The number of halogens is 1. The second kappa shape index (κ2) is 10.5. The number of ether oxygens (including phenoxy) is 1. The second-order valence-corrected chi connectivity index (χ2v) is 8.34. The van der Waals surface area contributed by atoms with Crippen molar-refractivity contribution in [3.8, 4) is 5.75 Å². The number of carbonyl (C=O) groups is 1. The standard InChI is InChI=1S/C23H30ClN5O2/c1-14-7-17(5-6-27-14)18-8-16(13-29-23(25)26)9-19(11-18)22(30)28-12-15-3-4-21(31-2)20(24)10-15/h3-4,8-11,14,17,27H,5-7,12-13H2,1-2H3,(H,28,30)(H4,25,26,29). The largest absolute Gasteiger partial charge is 0.495 e. The zero-order valence-corrected chi connectivity index (χ0v) is 18.7. The highest BCUT2D eigenvalue weighted by molar-refractivity contribution is 6.32. The summed E-state index contributed by atoms with van der Waals surface area (Å²) in [5.41, 5.74) is 14.6. The fourth-order valence-electron chi connectivity index (χ4n) is 3.90. The quantitative estimate of drug-likeness (QED) is 0.388. The number of aliphatic imine (C=N–C) groups is 1. The molecule has 7 nitrogen and oxygen atoms in total. The molecule has 0 aromatic heterocycles. The Balaban J connectivity index is 1.79. The van der Waals surface area contributed by atoms with Crippen LogP contribution in [0.2, 0.25) is 5.02 Å². The first-order valence-corrected chi connectivity index (χ1v) is 10.8. The van der Waals surface area contributed by atoms with E-state index in [2.05, 4.69) is 28.6 Å². The van der Waals surface area contributed by atoms with Gasteiger partial charge in [0.1, 0.15) is 5.75 Å². The van der Waals surface area contributed by atoms with Crippen molar-refractivity contribution in [1.82, 2.24) is 10.6 Å². The molecular formula is C23H30ClN5O2. The fourth-order valence-corrected chi connectivity index (χ4v) is 4.18. The normalized spacial score (nSPS) is 18.3. The zero-order chi connectivity index (χ0) is 22.4. The van der Waals surface area contributed by atoms with Crippen molar-refractivity contribution >= 4 is 23.5 Å². The SMILES string of the molecule is COc1ccc(CNC(=O)c2cc(CN=C(N)N)cc(C3CCNC(C)C3)c2)cc1Cl. The number of carbonyl (C=O) groups excluding carboxylic acids is 1. The predicted molar refractivity (Wildman–Crippen MR) is 125 cm³/mol. The van der Waals surface area contributed by atoms with Crippen LogP contribution in [0.5, 0.6) is 5.75 Å². The van der Waals surface area contributed by atoms with Crippen LogP contribution in [0.4, 0.5) is 0 Å². The van der Waals surface area contributed by atoms with E-state index in [0.29, 0.717) is 41.4 Å². The summed E-state index contributed by atoms with van der Waals surface area (Å²) in [6.07, 6.45) is 2.05. The van der Waals surface area contributed by atoms with Crippen LogP contribution < -0.4 is 26.8 Å². The first-order chi connectivity index (χ1) is 14.9. The minimum atomic E-state index is -0.151. The van der Waals surface area contributed by atoms with Gasteiger partial charge in [0.15, 0.2) is 5.96 Å². The lowest BCUT2D eigenvalue weighted by atomic mass is 9.85. The van der Waals surface area contributed by atoms with E-state index in [0.717, 1.165) is 36.1 Å². The third-order valence-electron chi connectivity index (χ3n) is 5.49. The monoisotopic (exact) mass is 443 g/mol. The van der Waals surface area contributed by atoms with Crippen LogP contribution in [0.3, 0.4) is 0 Å². The number of rotatable bonds is 7. The molecule has 1 amide bonds. The molecule has 3 rings (SSSR count). The minimum absolute atomic E-state index is 0.0308. The Morgan fingerprint density at radius 3 is 2.74 bits per heavy atom. The molecule has 1 fully saturated rings. The van der Waals surface area contributed by atoms with Crippen LogP contribution in [0, 0.1) is 0 Å². The number of hydrogen-bond acceptors (Lipinski definition) is 4. The molecule has 166 valence electrons. The molecule has 2 aromatic carbocycles. The van der Waals surface area contributed by atoms with Crippen molar-refractivity contribution in [3.63, 3.8) is 0 Å². The number of piperidine rings is 1. The van der Waals surface area contributed by atoms with Gasteiger partial charge in [-0.1, -0.05) is 23.7 Å². The lowest BCUT2D eigenvalue weighted by Crippen LogP contribution is -2.35. The van der Waals surface area contributed by atoms with Gasteiger partial charge in [0.05, 0.1) is 18.7 Å². The fraction of sp³-hybridized carbons (Fsp3) is 0.391. The summed E-state index contributed by atoms with van der Waals surface area (Å²) < 4.78 is 5.17. The van der Waals surface area contributed by atoms with E-state index in [1.54, 1.807) is 19.2 Å². The number of nitrogens with zero attached hydrogens (tertiary/aromatic N) is 1. The lowest BCUT2D eigenvalue weighted by Gasteiger charge is -2.29. The molecule has 0 spiro atoms. The number of guanidine groups is 1. The zero-order valence-electron chi connectivity index (χ0n) is 18.0. The van der Waals surface area contributed by atoms with E-state index in [9.17, 15) is 4.79 Å². The van der Waals surface area contributed by atoms with Gasteiger partial charge in [-0.25, -0.2) is 4.99 Å². The Kier molecular flexibility index (Phi) is 7.76. The molecule has 1 aliphatic heterocycles. The number of amides is 1. The molecule has 1 saturated heterocycles. The maximum atomic E-state index is 12.9. The van der Waals surface area contributed by atoms with E-state index in [4.69, 9.17) is 27.8 Å². The molecule has 1 aliphatic rings. The first-order valence-electron chi connectivity index (χ1n) is 10.4. The smallest absolute Gasteiger partial charge is 0.251 e. The van der Waals surface area contributed by atoms with Crippen molar-refractivity contribution in [3.05, 3.63) is 63.7 Å². The molecule has 2 atom stereocenters. The molecule has 2 unspecified atom stereocenters. The van der Waals surface area contributed by atoms with Crippen LogP contribution in [0.15, 0.2) is 41.4 Å². The molecular weight excluding hydrogens is 414 g/mol. The number of methoxy groups -OCH3 is 1. The third-order valence-corrected chi connectivity index (χ3v) is 5.78. The van der Waals surface area contributed by atoms with Crippen molar-refractivity contribution in [2.24, 2.45) is 16.5 Å². The van der Waals surface area contributed by atoms with Crippen LogP contribution >= 0.6 is 11.6 Å². The van der Waals surface area contributed by atoms with Crippen molar-refractivity contribution in [2.75, 3.05) is 13.7 Å². The minimum Gasteiger partial charge on any atom is -0.495 e. The van der Waals surface area contributed by atoms with Gasteiger partial charge < -0.3 is 26.8 Å². The van der Waals surface area contributed by atoms with Crippen molar-refractivity contribution < 1.29 is 9.53 Å². The predicted octanol–water partition coefficient (Wildman–Crippen LogP) is 2.91.